The topological polar surface area (TPSA) is 125 Å². The monoisotopic (exact) mass is 434 g/mol. The van der Waals surface area contributed by atoms with E-state index in [9.17, 15) is 4.79 Å². The summed E-state index contributed by atoms with van der Waals surface area (Å²) in [5.41, 5.74) is 8.90. The summed E-state index contributed by atoms with van der Waals surface area (Å²) in [6.45, 7) is 5.67. The molecule has 5 N–H and O–H groups in total. The molecular weight excluding hydrogens is 404 g/mol. The van der Waals surface area contributed by atoms with Crippen LogP contribution in [-0.2, 0) is 9.53 Å². The molecule has 0 aliphatic carbocycles. The summed E-state index contributed by atoms with van der Waals surface area (Å²) in [6, 6.07) is 16.8. The SMILES string of the molecule is CC.N=C(O/C(N)=N/C1N=C(c2ccccc2)c2ccccc2NC1=O)C1CCNCC1. The third-order valence-corrected chi connectivity index (χ3v) is 5.15. The van der Waals surface area contributed by atoms with Crippen LogP contribution in [0.15, 0.2) is 64.6 Å². The van der Waals surface area contributed by atoms with Gasteiger partial charge >= 0.3 is 0 Å². The van der Waals surface area contributed by atoms with Crippen molar-refractivity contribution in [3.8, 4) is 0 Å². The van der Waals surface area contributed by atoms with Gasteiger partial charge in [0.2, 0.25) is 6.17 Å². The van der Waals surface area contributed by atoms with Crippen LogP contribution < -0.4 is 16.4 Å². The van der Waals surface area contributed by atoms with Crippen LogP contribution in [0, 0.1) is 11.3 Å². The lowest BCUT2D eigenvalue weighted by Crippen LogP contribution is -2.35. The molecule has 32 heavy (non-hydrogen) atoms. The number of benzodiazepines with no additional fused rings is 1. The minimum absolute atomic E-state index is 0.00408. The number of carbonyl (C=O) groups excluding carboxylic acids is 1. The highest BCUT2D eigenvalue weighted by Gasteiger charge is 2.26. The van der Waals surface area contributed by atoms with Crippen molar-refractivity contribution >= 4 is 29.2 Å². The number of amides is 1. The number of nitrogens with two attached hydrogens (primary N) is 1. The van der Waals surface area contributed by atoms with Gasteiger partial charge in [0.15, 0.2) is 5.90 Å². The molecule has 2 aromatic rings. The van der Waals surface area contributed by atoms with Gasteiger partial charge in [0, 0.05) is 17.0 Å². The molecule has 2 aromatic carbocycles. The Bertz CT molecular complexity index is 997. The van der Waals surface area contributed by atoms with Crippen molar-refractivity contribution in [2.45, 2.75) is 32.9 Å². The number of nitrogens with one attached hydrogen (secondary N) is 3. The van der Waals surface area contributed by atoms with E-state index in [0.29, 0.717) is 11.4 Å². The highest BCUT2D eigenvalue weighted by atomic mass is 16.5. The van der Waals surface area contributed by atoms with E-state index in [4.69, 9.17) is 15.9 Å². The maximum absolute atomic E-state index is 12.8. The van der Waals surface area contributed by atoms with Crippen molar-refractivity contribution in [2.75, 3.05) is 18.4 Å². The second kappa shape index (κ2) is 11.2. The summed E-state index contributed by atoms with van der Waals surface area (Å²) >= 11 is 0. The van der Waals surface area contributed by atoms with E-state index in [1.807, 2.05) is 68.4 Å². The Hall–Kier alpha value is -3.52. The number of rotatable bonds is 3. The molecule has 168 valence electrons. The average Bonchev–Trinajstić information content (AvgIpc) is 2.97. The smallest absolute Gasteiger partial charge is 0.291 e. The fourth-order valence-electron chi connectivity index (χ4n) is 3.59. The summed E-state index contributed by atoms with van der Waals surface area (Å²) in [7, 11) is 0. The first-order valence-corrected chi connectivity index (χ1v) is 11.0. The number of para-hydroxylation sites is 1. The summed E-state index contributed by atoms with van der Waals surface area (Å²) in [5.74, 6) is -0.341. The van der Waals surface area contributed by atoms with Gasteiger partial charge in [0.05, 0.1) is 11.4 Å². The number of ether oxygens (including phenoxy) is 1. The Morgan fingerprint density at radius 3 is 2.47 bits per heavy atom. The lowest BCUT2D eigenvalue weighted by molar-refractivity contribution is -0.117. The van der Waals surface area contributed by atoms with Crippen LogP contribution in [0.4, 0.5) is 5.69 Å². The Morgan fingerprint density at radius 1 is 1.09 bits per heavy atom. The Morgan fingerprint density at radius 2 is 1.75 bits per heavy atom. The zero-order valence-electron chi connectivity index (χ0n) is 18.5. The number of fused-ring (bicyclic) bond motifs is 1. The second-order valence-corrected chi connectivity index (χ2v) is 7.21. The molecule has 1 fully saturated rings. The maximum Gasteiger partial charge on any atom is 0.291 e. The van der Waals surface area contributed by atoms with Gasteiger partial charge in [-0.2, -0.15) is 4.99 Å². The number of hydrogen-bond donors (Lipinski definition) is 4. The van der Waals surface area contributed by atoms with Crippen LogP contribution in [0.3, 0.4) is 0 Å². The molecule has 2 aliphatic heterocycles. The number of benzene rings is 2. The van der Waals surface area contributed by atoms with Crippen molar-refractivity contribution < 1.29 is 9.53 Å². The van der Waals surface area contributed by atoms with Gasteiger partial charge < -0.3 is 21.1 Å². The van der Waals surface area contributed by atoms with E-state index >= 15 is 0 Å². The molecule has 1 atom stereocenters. The Kier molecular flexibility index (Phi) is 8.10. The number of amidine groups is 1. The van der Waals surface area contributed by atoms with Crippen molar-refractivity contribution in [1.29, 1.82) is 5.41 Å². The summed E-state index contributed by atoms with van der Waals surface area (Å²) in [6.07, 6.45) is 0.497. The van der Waals surface area contributed by atoms with Gasteiger partial charge in [0.25, 0.3) is 11.9 Å². The van der Waals surface area contributed by atoms with Crippen molar-refractivity contribution in [1.82, 2.24) is 5.32 Å². The van der Waals surface area contributed by atoms with Gasteiger partial charge in [-0.15, -0.1) is 0 Å². The van der Waals surface area contributed by atoms with Gasteiger partial charge in [-0.25, -0.2) is 4.99 Å². The zero-order valence-corrected chi connectivity index (χ0v) is 18.5. The van der Waals surface area contributed by atoms with Gasteiger partial charge in [-0.3, -0.25) is 10.2 Å². The quantitative estimate of drug-likeness (QED) is 0.437. The minimum atomic E-state index is -1.12. The standard InChI is InChI=1S/C22H24N6O2.C2H6/c23-19(15-10-12-25-13-11-15)30-22(24)28-20-21(29)26-17-9-5-4-8-16(17)18(27-20)14-6-2-1-3-7-14;1-2/h1-9,15,20,23,25H,10-13H2,(H2,24,28)(H,26,29);1-2H3. The number of carbonyl (C=O) groups is 1. The molecule has 0 aromatic heterocycles. The summed E-state index contributed by atoms with van der Waals surface area (Å²) < 4.78 is 5.43. The fraction of sp³-hybridized carbons (Fsp3) is 0.333. The third-order valence-electron chi connectivity index (χ3n) is 5.15. The molecule has 2 aliphatic rings. The van der Waals surface area contributed by atoms with Crippen molar-refractivity contribution in [3.05, 3.63) is 65.7 Å². The molecule has 0 spiro atoms. The van der Waals surface area contributed by atoms with E-state index in [0.717, 1.165) is 37.1 Å². The molecule has 0 radical (unpaired) electrons. The molecular formula is C24H30N6O2. The predicted octanol–water partition coefficient (Wildman–Crippen LogP) is 3.14. The van der Waals surface area contributed by atoms with Gasteiger partial charge in [0.1, 0.15) is 0 Å². The van der Waals surface area contributed by atoms with Crippen LogP contribution in [-0.4, -0.2) is 42.8 Å². The number of anilines is 1. The lowest BCUT2D eigenvalue weighted by Gasteiger charge is -2.22. The van der Waals surface area contributed by atoms with E-state index in [2.05, 4.69) is 20.6 Å². The minimum Gasteiger partial charge on any atom is -0.412 e. The molecule has 8 heteroatoms. The van der Waals surface area contributed by atoms with Crippen LogP contribution in [0.2, 0.25) is 0 Å². The van der Waals surface area contributed by atoms with E-state index in [1.54, 1.807) is 0 Å². The molecule has 4 rings (SSSR count). The molecule has 8 nitrogen and oxygen atoms in total. The number of aliphatic imine (C=N–C) groups is 2. The molecule has 1 saturated heterocycles. The predicted molar refractivity (Wildman–Crippen MR) is 128 cm³/mol. The number of nitrogens with zero attached hydrogens (tertiary/aromatic N) is 2. The Balaban J connectivity index is 0.00000141. The van der Waals surface area contributed by atoms with Crippen LogP contribution in [0.25, 0.3) is 0 Å². The van der Waals surface area contributed by atoms with Crippen LogP contribution in [0.5, 0.6) is 0 Å². The van der Waals surface area contributed by atoms with Crippen LogP contribution >= 0.6 is 0 Å². The van der Waals surface area contributed by atoms with Gasteiger partial charge in [-0.05, 0) is 32.0 Å². The summed E-state index contributed by atoms with van der Waals surface area (Å²) in [5, 5.41) is 14.3. The number of piperidine rings is 1. The highest BCUT2D eigenvalue weighted by molar-refractivity contribution is 6.19. The largest absolute Gasteiger partial charge is 0.412 e. The highest BCUT2D eigenvalue weighted by Crippen LogP contribution is 2.24. The molecule has 1 unspecified atom stereocenters. The molecule has 2 heterocycles. The maximum atomic E-state index is 12.8. The van der Waals surface area contributed by atoms with Crippen molar-refractivity contribution in [2.24, 2.45) is 21.6 Å². The second-order valence-electron chi connectivity index (χ2n) is 7.21. The summed E-state index contributed by atoms with van der Waals surface area (Å²) in [4.78, 5) is 21.6. The average molecular weight is 435 g/mol. The van der Waals surface area contributed by atoms with E-state index in [1.165, 1.54) is 0 Å². The first kappa shape index (κ1) is 23.1. The number of hydrogen-bond acceptors (Lipinski definition) is 6. The van der Waals surface area contributed by atoms with Crippen molar-refractivity contribution in [3.63, 3.8) is 0 Å². The zero-order chi connectivity index (χ0) is 22.9. The molecule has 0 saturated carbocycles. The van der Waals surface area contributed by atoms with Gasteiger partial charge in [-0.1, -0.05) is 62.4 Å². The normalized spacial score (nSPS) is 18.8. The fourth-order valence-corrected chi connectivity index (χ4v) is 3.59. The van der Waals surface area contributed by atoms with E-state index in [-0.39, 0.29) is 17.8 Å². The lowest BCUT2D eigenvalue weighted by atomic mass is 9.98. The first-order chi connectivity index (χ1) is 15.6. The first-order valence-electron chi connectivity index (χ1n) is 11.0. The van der Waals surface area contributed by atoms with Crippen LogP contribution in [0.1, 0.15) is 37.8 Å². The molecule has 1 amide bonds. The van der Waals surface area contributed by atoms with E-state index < -0.39 is 12.1 Å². The third kappa shape index (κ3) is 5.59. The Labute approximate surface area is 188 Å². The molecule has 0 bridgehead atoms.